The van der Waals surface area contributed by atoms with Crippen molar-refractivity contribution < 1.29 is 4.74 Å². The Labute approximate surface area is 107 Å². The quantitative estimate of drug-likeness (QED) is 0.775. The van der Waals surface area contributed by atoms with Gasteiger partial charge in [-0.15, -0.1) is 0 Å². The zero-order valence-electron chi connectivity index (χ0n) is 10.3. The number of hydrogen-bond donors (Lipinski definition) is 0. The molecule has 2 nitrogen and oxygen atoms in total. The summed E-state index contributed by atoms with van der Waals surface area (Å²) in [6, 6.07) is 20.6. The molecule has 0 saturated heterocycles. The highest BCUT2D eigenvalue weighted by Crippen LogP contribution is 2.39. The first-order chi connectivity index (χ1) is 8.84. The van der Waals surface area contributed by atoms with Crippen LogP contribution in [0.5, 0.6) is 0 Å². The Bertz CT molecular complexity index is 548. The maximum atomic E-state index is 5.86. The molecule has 0 radical (unpaired) electrons. The number of benzene rings is 2. The molecule has 0 bridgehead atoms. The Kier molecular flexibility index (Phi) is 2.85. The third-order valence-electron chi connectivity index (χ3n) is 3.17. The second kappa shape index (κ2) is 4.65. The van der Waals surface area contributed by atoms with Gasteiger partial charge in [0, 0.05) is 6.92 Å². The Hall–Kier alpha value is -2.09. The van der Waals surface area contributed by atoms with Gasteiger partial charge in [-0.3, -0.25) is 0 Å². The molecule has 1 aliphatic heterocycles. The van der Waals surface area contributed by atoms with Gasteiger partial charge >= 0.3 is 0 Å². The van der Waals surface area contributed by atoms with Crippen LogP contribution in [-0.2, 0) is 4.74 Å². The van der Waals surface area contributed by atoms with Crippen molar-refractivity contribution in [2.45, 2.75) is 19.1 Å². The topological polar surface area (TPSA) is 21.6 Å². The molecule has 0 unspecified atom stereocenters. The van der Waals surface area contributed by atoms with Gasteiger partial charge in [-0.25, -0.2) is 4.99 Å². The molecule has 90 valence electrons. The molecule has 0 spiro atoms. The summed E-state index contributed by atoms with van der Waals surface area (Å²) in [5.41, 5.74) is 2.37. The largest absolute Gasteiger partial charge is 0.471 e. The highest BCUT2D eigenvalue weighted by molar-refractivity contribution is 5.75. The maximum absolute atomic E-state index is 5.86. The van der Waals surface area contributed by atoms with Crippen molar-refractivity contribution in [2.24, 2.45) is 4.99 Å². The number of nitrogens with zero attached hydrogens (tertiary/aromatic N) is 1. The predicted octanol–water partition coefficient (Wildman–Crippen LogP) is 3.92. The molecule has 2 heteroatoms. The molecule has 0 aromatic heterocycles. The van der Waals surface area contributed by atoms with E-state index in [4.69, 9.17) is 4.74 Å². The smallest absolute Gasteiger partial charge is 0.181 e. The lowest BCUT2D eigenvalue weighted by Crippen LogP contribution is -2.07. The average molecular weight is 237 g/mol. The molecule has 0 N–H and O–H groups in total. The van der Waals surface area contributed by atoms with Crippen molar-refractivity contribution >= 4 is 5.90 Å². The highest BCUT2D eigenvalue weighted by Gasteiger charge is 2.31. The normalized spacial score (nSPS) is 22.4. The van der Waals surface area contributed by atoms with Crippen LogP contribution in [0, 0.1) is 0 Å². The van der Waals surface area contributed by atoms with E-state index in [0.29, 0.717) is 0 Å². The van der Waals surface area contributed by atoms with Gasteiger partial charge < -0.3 is 4.74 Å². The second-order valence-corrected chi connectivity index (χ2v) is 4.45. The van der Waals surface area contributed by atoms with Gasteiger partial charge in [-0.2, -0.15) is 0 Å². The standard InChI is InChI=1S/C16H15NO/c1-12-17-15(13-8-4-2-5-9-13)16(18-12)14-10-6-3-7-11-14/h2-11,15-16H,1H3/t15-,16-/m0/s1. The van der Waals surface area contributed by atoms with Crippen molar-refractivity contribution in [2.75, 3.05) is 0 Å². The molecule has 0 fully saturated rings. The van der Waals surface area contributed by atoms with E-state index in [1.807, 2.05) is 43.3 Å². The molecule has 0 saturated carbocycles. The van der Waals surface area contributed by atoms with E-state index in [0.717, 1.165) is 5.90 Å². The van der Waals surface area contributed by atoms with Gasteiger partial charge in [-0.1, -0.05) is 60.7 Å². The summed E-state index contributed by atoms with van der Waals surface area (Å²) in [4.78, 5) is 4.61. The average Bonchev–Trinajstić information content (AvgIpc) is 2.83. The van der Waals surface area contributed by atoms with Gasteiger partial charge in [0.1, 0.15) is 6.04 Å². The molecule has 2 aromatic rings. The Morgan fingerprint density at radius 1 is 0.833 bits per heavy atom. The van der Waals surface area contributed by atoms with Gasteiger partial charge in [0.15, 0.2) is 12.0 Å². The van der Waals surface area contributed by atoms with Crippen molar-refractivity contribution in [1.82, 2.24) is 0 Å². The molecule has 1 heterocycles. The number of rotatable bonds is 2. The van der Waals surface area contributed by atoms with Gasteiger partial charge in [-0.05, 0) is 11.1 Å². The molecule has 0 amide bonds. The zero-order chi connectivity index (χ0) is 12.4. The number of aliphatic imine (C=N–C) groups is 1. The molecule has 1 aliphatic rings. The third-order valence-corrected chi connectivity index (χ3v) is 3.17. The summed E-state index contributed by atoms with van der Waals surface area (Å²) >= 11 is 0. The van der Waals surface area contributed by atoms with E-state index in [-0.39, 0.29) is 12.1 Å². The predicted molar refractivity (Wildman–Crippen MR) is 72.6 cm³/mol. The molecule has 2 aromatic carbocycles. The lowest BCUT2D eigenvalue weighted by Gasteiger charge is -2.18. The fraction of sp³-hybridized carbons (Fsp3) is 0.188. The van der Waals surface area contributed by atoms with Crippen LogP contribution in [0.15, 0.2) is 65.7 Å². The number of ether oxygens (including phenoxy) is 1. The van der Waals surface area contributed by atoms with Gasteiger partial charge in [0.25, 0.3) is 0 Å². The summed E-state index contributed by atoms with van der Waals surface area (Å²) in [5, 5.41) is 0. The second-order valence-electron chi connectivity index (χ2n) is 4.45. The van der Waals surface area contributed by atoms with E-state index < -0.39 is 0 Å². The third kappa shape index (κ3) is 2.02. The fourth-order valence-corrected chi connectivity index (χ4v) is 2.33. The lowest BCUT2D eigenvalue weighted by atomic mass is 9.97. The minimum absolute atomic E-state index is 0.00593. The zero-order valence-corrected chi connectivity index (χ0v) is 10.3. The van der Waals surface area contributed by atoms with E-state index >= 15 is 0 Å². The minimum atomic E-state index is -0.00593. The molecular formula is C16H15NO. The summed E-state index contributed by atoms with van der Waals surface area (Å²) in [6.07, 6.45) is -0.00593. The van der Waals surface area contributed by atoms with Gasteiger partial charge in [0.2, 0.25) is 0 Å². The minimum Gasteiger partial charge on any atom is -0.471 e. The van der Waals surface area contributed by atoms with Crippen LogP contribution in [0.4, 0.5) is 0 Å². The Morgan fingerprint density at radius 3 is 2.00 bits per heavy atom. The number of hydrogen-bond acceptors (Lipinski definition) is 2. The van der Waals surface area contributed by atoms with Crippen LogP contribution >= 0.6 is 0 Å². The maximum Gasteiger partial charge on any atom is 0.181 e. The summed E-state index contributed by atoms with van der Waals surface area (Å²) < 4.78 is 5.86. The molecule has 2 atom stereocenters. The van der Waals surface area contributed by atoms with Crippen LogP contribution in [0.3, 0.4) is 0 Å². The van der Waals surface area contributed by atoms with Gasteiger partial charge in [0.05, 0.1) is 0 Å². The fourth-order valence-electron chi connectivity index (χ4n) is 2.33. The summed E-state index contributed by atoms with van der Waals surface area (Å²) in [5.74, 6) is 0.762. The van der Waals surface area contributed by atoms with E-state index in [1.165, 1.54) is 11.1 Å². The van der Waals surface area contributed by atoms with E-state index in [9.17, 15) is 0 Å². The van der Waals surface area contributed by atoms with E-state index in [2.05, 4.69) is 29.3 Å². The first kappa shape index (κ1) is 11.0. The highest BCUT2D eigenvalue weighted by atomic mass is 16.5. The van der Waals surface area contributed by atoms with Crippen molar-refractivity contribution in [3.05, 3.63) is 71.8 Å². The summed E-state index contributed by atoms with van der Waals surface area (Å²) in [6.45, 7) is 1.92. The molecule has 0 aliphatic carbocycles. The summed E-state index contributed by atoms with van der Waals surface area (Å²) in [7, 11) is 0. The van der Waals surface area contributed by atoms with Crippen LogP contribution in [0.25, 0.3) is 0 Å². The Balaban J connectivity index is 1.97. The first-order valence-corrected chi connectivity index (χ1v) is 6.15. The van der Waals surface area contributed by atoms with Crippen LogP contribution in [-0.4, -0.2) is 5.90 Å². The van der Waals surface area contributed by atoms with Crippen molar-refractivity contribution in [3.8, 4) is 0 Å². The van der Waals surface area contributed by atoms with Crippen LogP contribution in [0.1, 0.15) is 30.2 Å². The van der Waals surface area contributed by atoms with Crippen molar-refractivity contribution in [3.63, 3.8) is 0 Å². The van der Waals surface area contributed by atoms with Crippen LogP contribution in [0.2, 0.25) is 0 Å². The lowest BCUT2D eigenvalue weighted by molar-refractivity contribution is 0.195. The Morgan fingerprint density at radius 2 is 1.39 bits per heavy atom. The van der Waals surface area contributed by atoms with Crippen molar-refractivity contribution in [1.29, 1.82) is 0 Å². The monoisotopic (exact) mass is 237 g/mol. The first-order valence-electron chi connectivity index (χ1n) is 6.15. The molecular weight excluding hydrogens is 222 g/mol. The SMILES string of the molecule is CC1=N[C@@H](c2ccccc2)[C@H](c2ccccc2)O1. The molecule has 3 rings (SSSR count). The van der Waals surface area contributed by atoms with Crippen LogP contribution < -0.4 is 0 Å². The van der Waals surface area contributed by atoms with E-state index in [1.54, 1.807) is 0 Å². The molecule has 18 heavy (non-hydrogen) atoms.